The van der Waals surface area contributed by atoms with Gasteiger partial charge in [0.25, 0.3) is 0 Å². The molecule has 7 heteroatoms. The molecule has 0 bridgehead atoms. The van der Waals surface area contributed by atoms with Crippen LogP contribution in [0.1, 0.15) is 64.6 Å². The number of guanidine groups is 1. The van der Waals surface area contributed by atoms with Gasteiger partial charge in [-0.15, -0.1) is 0 Å². The molecule has 1 unspecified atom stereocenters. The van der Waals surface area contributed by atoms with Crippen LogP contribution < -0.4 is 10.6 Å². The van der Waals surface area contributed by atoms with E-state index in [0.29, 0.717) is 12.1 Å². The fraction of sp³-hybridized carbons (Fsp3) is 0.833. The Morgan fingerprint density at radius 3 is 2.68 bits per heavy atom. The summed E-state index contributed by atoms with van der Waals surface area (Å²) in [5.41, 5.74) is 0. The van der Waals surface area contributed by atoms with Crippen LogP contribution in [-0.4, -0.2) is 57.8 Å². The van der Waals surface area contributed by atoms with E-state index in [1.165, 1.54) is 0 Å². The van der Waals surface area contributed by atoms with Crippen LogP contribution in [0.15, 0.2) is 4.99 Å². The van der Waals surface area contributed by atoms with Crippen molar-refractivity contribution in [3.63, 3.8) is 0 Å². The van der Waals surface area contributed by atoms with Crippen molar-refractivity contribution in [2.24, 2.45) is 4.99 Å². The Morgan fingerprint density at radius 1 is 1.32 bits per heavy atom. The predicted molar refractivity (Wildman–Crippen MR) is 103 cm³/mol. The maximum atomic E-state index is 4.58. The molecule has 0 amide bonds. The molecule has 1 aliphatic heterocycles. The Balaban J connectivity index is 1.82. The number of aryl methyl sites for hydroxylation is 2. The van der Waals surface area contributed by atoms with Gasteiger partial charge in [0.05, 0.1) is 6.04 Å². The minimum absolute atomic E-state index is 0.184. The summed E-state index contributed by atoms with van der Waals surface area (Å²) in [6.07, 6.45) is 3.27. The highest BCUT2D eigenvalue weighted by atomic mass is 15.4. The van der Waals surface area contributed by atoms with E-state index in [-0.39, 0.29) is 6.04 Å². The molecule has 1 aliphatic rings. The Hall–Kier alpha value is -1.63. The number of hydrogen-bond acceptors (Lipinski definition) is 4. The van der Waals surface area contributed by atoms with Crippen molar-refractivity contribution in [3.8, 4) is 0 Å². The van der Waals surface area contributed by atoms with E-state index >= 15 is 0 Å². The third kappa shape index (κ3) is 5.42. The summed E-state index contributed by atoms with van der Waals surface area (Å²) in [5, 5.41) is 11.4. The van der Waals surface area contributed by atoms with Crippen LogP contribution in [0.5, 0.6) is 0 Å². The molecule has 142 valence electrons. The summed E-state index contributed by atoms with van der Waals surface area (Å²) < 4.78 is 2.02. The minimum atomic E-state index is 0.184. The first-order chi connectivity index (χ1) is 11.9. The smallest absolute Gasteiger partial charge is 0.191 e. The number of hydrogen-bond donors (Lipinski definition) is 2. The molecule has 1 aromatic heterocycles. The summed E-state index contributed by atoms with van der Waals surface area (Å²) in [7, 11) is 1.82. The van der Waals surface area contributed by atoms with Crippen LogP contribution >= 0.6 is 0 Å². The first kappa shape index (κ1) is 19.7. The van der Waals surface area contributed by atoms with E-state index in [0.717, 1.165) is 56.5 Å². The molecule has 0 saturated heterocycles. The third-order valence-electron chi connectivity index (χ3n) is 4.73. The quantitative estimate of drug-likeness (QED) is 0.448. The number of rotatable bonds is 7. The topological polar surface area (TPSA) is 70.4 Å². The first-order valence-electron chi connectivity index (χ1n) is 9.56. The van der Waals surface area contributed by atoms with Crippen molar-refractivity contribution in [1.29, 1.82) is 0 Å². The molecule has 2 N–H and O–H groups in total. The van der Waals surface area contributed by atoms with E-state index in [1.54, 1.807) is 0 Å². The molecular weight excluding hydrogens is 314 g/mol. The Morgan fingerprint density at radius 2 is 2.04 bits per heavy atom. The molecule has 1 atom stereocenters. The van der Waals surface area contributed by atoms with Crippen LogP contribution in [-0.2, 0) is 6.54 Å². The zero-order valence-corrected chi connectivity index (χ0v) is 16.7. The lowest BCUT2D eigenvalue weighted by molar-refractivity contribution is 0.173. The second-order valence-electron chi connectivity index (χ2n) is 7.36. The zero-order valence-electron chi connectivity index (χ0n) is 16.7. The highest BCUT2D eigenvalue weighted by molar-refractivity contribution is 5.80. The largest absolute Gasteiger partial charge is 0.356 e. The molecule has 25 heavy (non-hydrogen) atoms. The highest BCUT2D eigenvalue weighted by Gasteiger charge is 2.24. The van der Waals surface area contributed by atoms with Gasteiger partial charge in [0.2, 0.25) is 0 Å². The second-order valence-corrected chi connectivity index (χ2v) is 7.36. The van der Waals surface area contributed by atoms with E-state index < -0.39 is 0 Å². The number of nitrogens with one attached hydrogen (secondary N) is 2. The number of aliphatic imine (C=N–C) groups is 1. The molecular formula is C18H35N7. The molecule has 0 fully saturated rings. The van der Waals surface area contributed by atoms with Crippen LogP contribution in [0, 0.1) is 6.92 Å². The molecule has 2 heterocycles. The molecule has 7 nitrogen and oxygen atoms in total. The van der Waals surface area contributed by atoms with E-state index in [9.17, 15) is 0 Å². The van der Waals surface area contributed by atoms with Gasteiger partial charge in [0, 0.05) is 38.8 Å². The van der Waals surface area contributed by atoms with Crippen LogP contribution in [0.25, 0.3) is 0 Å². The van der Waals surface area contributed by atoms with Crippen molar-refractivity contribution >= 4 is 5.96 Å². The summed E-state index contributed by atoms with van der Waals surface area (Å²) in [6, 6.07) is 1.34. The fourth-order valence-corrected chi connectivity index (χ4v) is 3.55. The fourth-order valence-electron chi connectivity index (χ4n) is 3.55. The van der Waals surface area contributed by atoms with Gasteiger partial charge >= 0.3 is 0 Å². The van der Waals surface area contributed by atoms with Gasteiger partial charge in [-0.25, -0.2) is 9.67 Å². The normalized spacial score (nSPS) is 18.1. The van der Waals surface area contributed by atoms with Crippen LogP contribution in [0.4, 0.5) is 0 Å². The summed E-state index contributed by atoms with van der Waals surface area (Å²) in [5.74, 6) is 2.71. The molecule has 2 rings (SSSR count). The number of nitrogens with zero attached hydrogens (tertiary/aromatic N) is 5. The second kappa shape index (κ2) is 9.17. The van der Waals surface area contributed by atoms with Gasteiger partial charge in [0.1, 0.15) is 11.6 Å². The molecule has 0 aliphatic carbocycles. The first-order valence-corrected chi connectivity index (χ1v) is 9.56. The maximum absolute atomic E-state index is 4.58. The monoisotopic (exact) mass is 349 g/mol. The van der Waals surface area contributed by atoms with Gasteiger partial charge in [-0.05, 0) is 53.9 Å². The van der Waals surface area contributed by atoms with Gasteiger partial charge in [0.15, 0.2) is 5.96 Å². The van der Waals surface area contributed by atoms with Gasteiger partial charge in [-0.2, -0.15) is 5.10 Å². The molecule has 0 aromatic carbocycles. The van der Waals surface area contributed by atoms with Crippen LogP contribution in [0.2, 0.25) is 0 Å². The number of aromatic nitrogens is 3. The van der Waals surface area contributed by atoms with Gasteiger partial charge in [-0.1, -0.05) is 0 Å². The zero-order chi connectivity index (χ0) is 18.4. The molecule has 0 spiro atoms. The average Bonchev–Trinajstić information content (AvgIpc) is 2.93. The van der Waals surface area contributed by atoms with Crippen molar-refractivity contribution in [2.45, 2.75) is 78.6 Å². The van der Waals surface area contributed by atoms with Crippen molar-refractivity contribution in [3.05, 3.63) is 11.6 Å². The van der Waals surface area contributed by atoms with E-state index in [1.807, 2.05) is 18.7 Å². The molecule has 0 saturated carbocycles. The highest BCUT2D eigenvalue weighted by Crippen LogP contribution is 2.22. The van der Waals surface area contributed by atoms with Crippen molar-refractivity contribution in [1.82, 2.24) is 30.3 Å². The third-order valence-corrected chi connectivity index (χ3v) is 4.73. The van der Waals surface area contributed by atoms with E-state index in [4.69, 9.17) is 0 Å². The SMILES string of the molecule is CN=C(NCCCN(C(C)C)C(C)C)NC1CCCn2nc(C)nc21. The number of fused-ring (bicyclic) bond motifs is 1. The van der Waals surface area contributed by atoms with Gasteiger partial charge in [-0.3, -0.25) is 9.89 Å². The lowest BCUT2D eigenvalue weighted by Crippen LogP contribution is -2.43. The summed E-state index contributed by atoms with van der Waals surface area (Å²) in [6.45, 7) is 13.9. The predicted octanol–water partition coefficient (Wildman–Crippen LogP) is 2.10. The molecule has 1 aromatic rings. The lowest BCUT2D eigenvalue weighted by Gasteiger charge is -2.30. The van der Waals surface area contributed by atoms with Crippen molar-refractivity contribution < 1.29 is 0 Å². The summed E-state index contributed by atoms with van der Waals surface area (Å²) in [4.78, 5) is 11.5. The van der Waals surface area contributed by atoms with Crippen LogP contribution in [0.3, 0.4) is 0 Å². The van der Waals surface area contributed by atoms with Gasteiger partial charge < -0.3 is 10.6 Å². The minimum Gasteiger partial charge on any atom is -0.356 e. The average molecular weight is 350 g/mol. The van der Waals surface area contributed by atoms with E-state index in [2.05, 4.69) is 58.3 Å². The Kier molecular flexibility index (Phi) is 7.23. The lowest BCUT2D eigenvalue weighted by atomic mass is 10.1. The standard InChI is InChI=1S/C18H35N7/c1-13(2)24(14(3)4)11-8-10-20-18(19-6)22-16-9-7-12-25-17(16)21-15(5)23-25/h13-14,16H,7-12H2,1-6H3,(H2,19,20,22). The Bertz CT molecular complexity index is 554. The maximum Gasteiger partial charge on any atom is 0.191 e. The molecule has 0 radical (unpaired) electrons. The summed E-state index contributed by atoms with van der Waals surface area (Å²) >= 11 is 0. The Labute approximate surface area is 152 Å². The van der Waals surface area contributed by atoms with Crippen molar-refractivity contribution in [2.75, 3.05) is 20.1 Å².